The molecule has 1 N–H and O–H groups in total. The average Bonchev–Trinajstić information content (AvgIpc) is 2.81. The molecule has 0 radical (unpaired) electrons. The van der Waals surface area contributed by atoms with Crippen LogP contribution in [0.1, 0.15) is 5.56 Å². The molecule has 0 aliphatic carbocycles. The number of amides is 2. The Morgan fingerprint density at radius 1 is 1.44 bits per heavy atom. The summed E-state index contributed by atoms with van der Waals surface area (Å²) in [7, 11) is 1.98. The Morgan fingerprint density at radius 2 is 2.17 bits per heavy atom. The van der Waals surface area contributed by atoms with Crippen LogP contribution < -0.4 is 10.2 Å². The summed E-state index contributed by atoms with van der Waals surface area (Å²) in [5.41, 5.74) is 1.71. The molecule has 0 aromatic heterocycles. The first-order valence-electron chi connectivity index (χ1n) is 5.95. The molecule has 1 aliphatic rings. The lowest BCUT2D eigenvalue weighted by atomic mass is 10.2. The number of hydrogen-bond acceptors (Lipinski definition) is 3. The first kappa shape index (κ1) is 12.2. The van der Waals surface area contributed by atoms with Gasteiger partial charge >= 0.3 is 6.03 Å². The van der Waals surface area contributed by atoms with E-state index in [0.29, 0.717) is 12.1 Å². The predicted molar refractivity (Wildman–Crippen MR) is 69.4 cm³/mol. The highest BCUT2D eigenvalue weighted by molar-refractivity contribution is 5.76. The first-order chi connectivity index (χ1) is 8.70. The fraction of sp³-hybridized carbons (Fsp3) is 0.385. The van der Waals surface area contributed by atoms with Crippen LogP contribution in [0.2, 0.25) is 0 Å². The molecule has 0 spiro atoms. The zero-order chi connectivity index (χ0) is 13.0. The van der Waals surface area contributed by atoms with E-state index in [1.807, 2.05) is 19.2 Å². The summed E-state index contributed by atoms with van der Waals surface area (Å²) in [6.45, 7) is 3.00. The van der Waals surface area contributed by atoms with Gasteiger partial charge in [-0.1, -0.05) is 0 Å². The molecular weight excluding hydrogens is 228 g/mol. The predicted octanol–water partition coefficient (Wildman–Crippen LogP) is 1.02. The minimum absolute atomic E-state index is 0.0169. The van der Waals surface area contributed by atoms with E-state index < -0.39 is 0 Å². The standard InChI is InChI=1S/C13H16N4O/c1-16(8-9-17-7-6-15-13(17)18)12-4-2-11(10-14)3-5-12/h2-5H,6-9H2,1H3,(H,15,18). The van der Waals surface area contributed by atoms with E-state index in [4.69, 9.17) is 5.26 Å². The Morgan fingerprint density at radius 3 is 2.72 bits per heavy atom. The van der Waals surface area contributed by atoms with Gasteiger partial charge in [-0.05, 0) is 24.3 Å². The smallest absolute Gasteiger partial charge is 0.317 e. The molecule has 2 rings (SSSR count). The Kier molecular flexibility index (Phi) is 3.68. The summed E-state index contributed by atoms with van der Waals surface area (Å²) in [6, 6.07) is 9.55. The lowest BCUT2D eigenvalue weighted by Gasteiger charge is -2.22. The summed E-state index contributed by atoms with van der Waals surface area (Å²) in [5.74, 6) is 0. The van der Waals surface area contributed by atoms with Gasteiger partial charge in [-0.3, -0.25) is 0 Å². The monoisotopic (exact) mass is 244 g/mol. The molecule has 0 unspecified atom stereocenters. The van der Waals surface area contributed by atoms with Crippen LogP contribution >= 0.6 is 0 Å². The molecule has 1 saturated heterocycles. The molecule has 1 aromatic rings. The van der Waals surface area contributed by atoms with Crippen LogP contribution in [0.5, 0.6) is 0 Å². The number of rotatable bonds is 4. The number of anilines is 1. The number of nitriles is 1. The Labute approximate surface area is 107 Å². The van der Waals surface area contributed by atoms with Crippen molar-refractivity contribution in [3.05, 3.63) is 29.8 Å². The molecule has 2 amide bonds. The molecule has 1 aliphatic heterocycles. The summed E-state index contributed by atoms with van der Waals surface area (Å²) >= 11 is 0. The molecule has 18 heavy (non-hydrogen) atoms. The second-order valence-electron chi connectivity index (χ2n) is 4.30. The van der Waals surface area contributed by atoms with Gasteiger partial charge in [0.25, 0.3) is 0 Å². The Balaban J connectivity index is 1.89. The van der Waals surface area contributed by atoms with Crippen molar-refractivity contribution >= 4 is 11.7 Å². The zero-order valence-corrected chi connectivity index (χ0v) is 10.4. The van der Waals surface area contributed by atoms with Crippen LogP contribution in [0.25, 0.3) is 0 Å². The SMILES string of the molecule is CN(CCN1CCNC1=O)c1ccc(C#N)cc1. The highest BCUT2D eigenvalue weighted by atomic mass is 16.2. The molecule has 0 bridgehead atoms. The quantitative estimate of drug-likeness (QED) is 0.860. The summed E-state index contributed by atoms with van der Waals surface area (Å²) < 4.78 is 0. The average molecular weight is 244 g/mol. The number of carbonyl (C=O) groups is 1. The summed E-state index contributed by atoms with van der Waals surface area (Å²) in [4.78, 5) is 15.2. The number of hydrogen-bond donors (Lipinski definition) is 1. The molecule has 94 valence electrons. The van der Waals surface area contributed by atoms with E-state index in [2.05, 4.69) is 16.3 Å². The van der Waals surface area contributed by atoms with E-state index in [-0.39, 0.29) is 6.03 Å². The van der Waals surface area contributed by atoms with E-state index in [1.54, 1.807) is 17.0 Å². The Bertz CT molecular complexity index is 463. The molecule has 1 heterocycles. The molecular formula is C13H16N4O. The second kappa shape index (κ2) is 5.41. The largest absolute Gasteiger partial charge is 0.373 e. The van der Waals surface area contributed by atoms with Gasteiger partial charge in [-0.15, -0.1) is 0 Å². The van der Waals surface area contributed by atoms with Crippen molar-refractivity contribution in [2.75, 3.05) is 38.1 Å². The minimum atomic E-state index is 0.0169. The van der Waals surface area contributed by atoms with Gasteiger partial charge in [0, 0.05) is 38.9 Å². The lowest BCUT2D eigenvalue weighted by Crippen LogP contribution is -2.35. The van der Waals surface area contributed by atoms with Gasteiger partial charge in [-0.25, -0.2) is 4.79 Å². The highest BCUT2D eigenvalue weighted by Crippen LogP contribution is 2.13. The molecule has 0 atom stereocenters. The molecule has 1 fully saturated rings. The zero-order valence-electron chi connectivity index (χ0n) is 10.4. The number of carbonyl (C=O) groups excluding carboxylic acids is 1. The molecule has 0 saturated carbocycles. The van der Waals surface area contributed by atoms with Gasteiger partial charge in [0.1, 0.15) is 0 Å². The maximum Gasteiger partial charge on any atom is 0.317 e. The minimum Gasteiger partial charge on any atom is -0.373 e. The van der Waals surface area contributed by atoms with Gasteiger partial charge in [0.05, 0.1) is 11.6 Å². The normalized spacial score (nSPS) is 14.2. The van der Waals surface area contributed by atoms with E-state index in [0.717, 1.165) is 25.3 Å². The van der Waals surface area contributed by atoms with Crippen LogP contribution in [0, 0.1) is 11.3 Å². The Hall–Kier alpha value is -2.22. The van der Waals surface area contributed by atoms with Gasteiger partial charge < -0.3 is 15.1 Å². The maximum absolute atomic E-state index is 11.4. The summed E-state index contributed by atoms with van der Waals surface area (Å²) in [6.07, 6.45) is 0. The van der Waals surface area contributed by atoms with Crippen molar-refractivity contribution < 1.29 is 4.79 Å². The van der Waals surface area contributed by atoms with Gasteiger partial charge in [0.15, 0.2) is 0 Å². The number of benzene rings is 1. The van der Waals surface area contributed by atoms with Crippen molar-refractivity contribution in [1.29, 1.82) is 5.26 Å². The van der Waals surface area contributed by atoms with Gasteiger partial charge in [-0.2, -0.15) is 5.26 Å². The van der Waals surface area contributed by atoms with E-state index in [1.165, 1.54) is 0 Å². The van der Waals surface area contributed by atoms with Gasteiger partial charge in [0.2, 0.25) is 0 Å². The van der Waals surface area contributed by atoms with Crippen molar-refractivity contribution in [2.45, 2.75) is 0 Å². The van der Waals surface area contributed by atoms with E-state index >= 15 is 0 Å². The third-order valence-corrected chi connectivity index (χ3v) is 3.09. The second-order valence-corrected chi connectivity index (χ2v) is 4.30. The van der Waals surface area contributed by atoms with Crippen molar-refractivity contribution in [3.63, 3.8) is 0 Å². The topological polar surface area (TPSA) is 59.4 Å². The van der Waals surface area contributed by atoms with Crippen LogP contribution in [0.3, 0.4) is 0 Å². The number of urea groups is 1. The van der Waals surface area contributed by atoms with Crippen molar-refractivity contribution in [1.82, 2.24) is 10.2 Å². The number of nitrogens with zero attached hydrogens (tertiary/aromatic N) is 3. The third kappa shape index (κ3) is 2.72. The maximum atomic E-state index is 11.4. The number of likely N-dealkylation sites (N-methyl/N-ethyl adjacent to an activating group) is 1. The first-order valence-corrected chi connectivity index (χ1v) is 5.95. The van der Waals surface area contributed by atoms with Crippen LogP contribution in [-0.4, -0.2) is 44.2 Å². The van der Waals surface area contributed by atoms with Crippen LogP contribution in [-0.2, 0) is 0 Å². The molecule has 5 heteroatoms. The lowest BCUT2D eigenvalue weighted by molar-refractivity contribution is 0.218. The van der Waals surface area contributed by atoms with Crippen molar-refractivity contribution in [3.8, 4) is 6.07 Å². The van der Waals surface area contributed by atoms with E-state index in [9.17, 15) is 4.79 Å². The summed E-state index contributed by atoms with van der Waals surface area (Å²) in [5, 5.41) is 11.5. The number of nitrogens with one attached hydrogen (secondary N) is 1. The highest BCUT2D eigenvalue weighted by Gasteiger charge is 2.19. The third-order valence-electron chi connectivity index (χ3n) is 3.09. The molecule has 1 aromatic carbocycles. The van der Waals surface area contributed by atoms with Crippen LogP contribution in [0.4, 0.5) is 10.5 Å². The fourth-order valence-electron chi connectivity index (χ4n) is 1.91. The molecule has 5 nitrogen and oxygen atoms in total. The van der Waals surface area contributed by atoms with Crippen molar-refractivity contribution in [2.24, 2.45) is 0 Å². The van der Waals surface area contributed by atoms with Crippen LogP contribution in [0.15, 0.2) is 24.3 Å². The fourth-order valence-corrected chi connectivity index (χ4v) is 1.91.